The van der Waals surface area contributed by atoms with E-state index in [1.165, 1.54) is 19.2 Å². The second-order valence-electron chi connectivity index (χ2n) is 7.64. The number of amides is 1. The zero-order valence-electron chi connectivity index (χ0n) is 17.9. The van der Waals surface area contributed by atoms with Crippen LogP contribution in [-0.4, -0.2) is 38.1 Å². The number of para-hydroxylation sites is 1. The van der Waals surface area contributed by atoms with Gasteiger partial charge >= 0.3 is 0 Å². The molecule has 0 aromatic heterocycles. The molecule has 3 rings (SSSR count). The minimum atomic E-state index is -0.451. The van der Waals surface area contributed by atoms with Crippen LogP contribution in [-0.2, 0) is 5.41 Å². The molecule has 2 aromatic rings. The maximum atomic E-state index is 14.0. The fraction of sp³-hybridized carbons (Fsp3) is 0.292. The lowest BCUT2D eigenvalue weighted by Crippen LogP contribution is -2.59. The fourth-order valence-electron chi connectivity index (χ4n) is 3.99. The van der Waals surface area contributed by atoms with E-state index >= 15 is 0 Å². The summed E-state index contributed by atoms with van der Waals surface area (Å²) in [7, 11) is 1.52. The topological polar surface area (TPSA) is 98.5 Å². The molecular formula is C24H26FN5O2. The van der Waals surface area contributed by atoms with Crippen LogP contribution >= 0.6 is 0 Å². The minimum Gasteiger partial charge on any atom is -0.496 e. The first kappa shape index (κ1) is 22.8. The van der Waals surface area contributed by atoms with Crippen LogP contribution in [0.25, 0.3) is 0 Å². The Bertz CT molecular complexity index is 1040. The van der Waals surface area contributed by atoms with Crippen LogP contribution < -0.4 is 20.7 Å². The molecule has 32 heavy (non-hydrogen) atoms. The highest BCUT2D eigenvalue weighted by Gasteiger charge is 2.46. The Labute approximate surface area is 187 Å². The zero-order valence-corrected chi connectivity index (χ0v) is 17.9. The van der Waals surface area contributed by atoms with Crippen molar-refractivity contribution in [2.75, 3.05) is 20.2 Å². The van der Waals surface area contributed by atoms with Crippen molar-refractivity contribution < 1.29 is 13.9 Å². The lowest BCUT2D eigenvalue weighted by atomic mass is 9.61. The third-order valence-corrected chi connectivity index (χ3v) is 5.54. The van der Waals surface area contributed by atoms with Gasteiger partial charge in [-0.05, 0) is 42.7 Å². The van der Waals surface area contributed by atoms with Crippen molar-refractivity contribution in [1.82, 2.24) is 16.0 Å². The second kappa shape index (κ2) is 10.4. The maximum absolute atomic E-state index is 14.0. The molecule has 166 valence electrons. The summed E-state index contributed by atoms with van der Waals surface area (Å²) in [4.78, 5) is 17.0. The quantitative estimate of drug-likeness (QED) is 0.195. The van der Waals surface area contributed by atoms with Gasteiger partial charge in [0, 0.05) is 18.0 Å². The van der Waals surface area contributed by atoms with Gasteiger partial charge in [-0.2, -0.15) is 5.26 Å². The Hall–Kier alpha value is -3.86. The number of carbonyl (C=O) groups is 1. The summed E-state index contributed by atoms with van der Waals surface area (Å²) in [5.41, 5.74) is 0.803. The first-order valence-electron chi connectivity index (χ1n) is 10.3. The van der Waals surface area contributed by atoms with Crippen molar-refractivity contribution in [2.24, 2.45) is 4.99 Å². The van der Waals surface area contributed by atoms with E-state index in [1.807, 2.05) is 12.3 Å². The number of guanidine groups is 1. The smallest absolute Gasteiger partial charge is 0.255 e. The number of rotatable bonds is 8. The summed E-state index contributed by atoms with van der Waals surface area (Å²) in [5.74, 6) is 0.273. The fourth-order valence-corrected chi connectivity index (χ4v) is 3.99. The first-order valence-corrected chi connectivity index (χ1v) is 10.3. The number of methoxy groups -OCH3 is 1. The van der Waals surface area contributed by atoms with Crippen molar-refractivity contribution >= 4 is 11.9 Å². The summed E-state index contributed by atoms with van der Waals surface area (Å²) in [5, 5.41) is 17.7. The monoisotopic (exact) mass is 435 g/mol. The van der Waals surface area contributed by atoms with Gasteiger partial charge in [0.1, 0.15) is 11.6 Å². The van der Waals surface area contributed by atoms with Crippen molar-refractivity contribution in [3.63, 3.8) is 0 Å². The number of ether oxygens (including phenoxy) is 1. The number of benzene rings is 2. The molecule has 1 saturated carbocycles. The second-order valence-corrected chi connectivity index (χ2v) is 7.64. The Morgan fingerprint density at radius 1 is 1.34 bits per heavy atom. The van der Waals surface area contributed by atoms with E-state index in [2.05, 4.69) is 27.5 Å². The van der Waals surface area contributed by atoms with Gasteiger partial charge < -0.3 is 15.4 Å². The van der Waals surface area contributed by atoms with Crippen LogP contribution in [0.3, 0.4) is 0 Å². The number of hydrogen-bond donors (Lipinski definition) is 3. The highest BCUT2D eigenvalue weighted by Crippen LogP contribution is 2.43. The van der Waals surface area contributed by atoms with Crippen LogP contribution in [0.2, 0.25) is 0 Å². The summed E-state index contributed by atoms with van der Waals surface area (Å²) >= 11 is 0. The Morgan fingerprint density at radius 3 is 2.81 bits per heavy atom. The predicted octanol–water partition coefficient (Wildman–Crippen LogP) is 2.87. The summed E-state index contributed by atoms with van der Waals surface area (Å²) in [6.45, 7) is 4.32. The number of aliphatic imine (C=N–C) groups is 1. The molecule has 0 bridgehead atoms. The molecule has 1 aliphatic carbocycles. The first-order chi connectivity index (χ1) is 15.5. The van der Waals surface area contributed by atoms with Crippen LogP contribution in [0.15, 0.2) is 66.2 Å². The van der Waals surface area contributed by atoms with Gasteiger partial charge in [0.2, 0.25) is 5.96 Å². The number of nitriles is 1. The van der Waals surface area contributed by atoms with Crippen molar-refractivity contribution in [3.05, 3.63) is 78.1 Å². The van der Waals surface area contributed by atoms with Gasteiger partial charge in [0.05, 0.1) is 19.2 Å². The average molecular weight is 436 g/mol. The number of nitrogens with one attached hydrogen (secondary N) is 3. The number of nitrogens with zero attached hydrogens (tertiary/aromatic N) is 2. The molecular weight excluding hydrogens is 409 g/mol. The zero-order chi connectivity index (χ0) is 23.0. The van der Waals surface area contributed by atoms with E-state index in [4.69, 9.17) is 10.00 Å². The van der Waals surface area contributed by atoms with E-state index in [1.54, 1.807) is 36.4 Å². The third-order valence-electron chi connectivity index (χ3n) is 5.54. The van der Waals surface area contributed by atoms with Crippen LogP contribution in [0.1, 0.15) is 28.8 Å². The van der Waals surface area contributed by atoms with Crippen molar-refractivity contribution in [2.45, 2.75) is 24.3 Å². The van der Waals surface area contributed by atoms with E-state index < -0.39 is 5.41 Å². The molecule has 8 heteroatoms. The molecule has 0 spiro atoms. The van der Waals surface area contributed by atoms with Crippen LogP contribution in [0.4, 0.5) is 4.39 Å². The summed E-state index contributed by atoms with van der Waals surface area (Å²) in [6, 6.07) is 13.4. The number of hydrogen-bond acceptors (Lipinski definition) is 4. The van der Waals surface area contributed by atoms with Crippen LogP contribution in [0.5, 0.6) is 5.75 Å². The molecule has 7 nitrogen and oxygen atoms in total. The highest BCUT2D eigenvalue weighted by atomic mass is 19.1. The molecule has 3 N–H and O–H groups in total. The molecule has 1 amide bonds. The van der Waals surface area contributed by atoms with E-state index in [0.717, 1.165) is 5.56 Å². The Kier molecular flexibility index (Phi) is 7.45. The third kappa shape index (κ3) is 5.24. The molecule has 0 radical (unpaired) electrons. The lowest BCUT2D eigenvalue weighted by molar-refractivity contribution is 0.0912. The Balaban J connectivity index is 1.75. The van der Waals surface area contributed by atoms with E-state index in [9.17, 15) is 9.18 Å². The molecule has 0 saturated heterocycles. The van der Waals surface area contributed by atoms with Crippen molar-refractivity contribution in [3.8, 4) is 11.9 Å². The molecule has 0 unspecified atom stereocenters. The number of carbonyl (C=O) groups excluding carboxylic acids is 1. The van der Waals surface area contributed by atoms with Crippen LogP contribution in [0, 0.1) is 17.3 Å². The van der Waals surface area contributed by atoms with Gasteiger partial charge in [-0.3, -0.25) is 10.1 Å². The lowest BCUT2D eigenvalue weighted by Gasteiger charge is -2.48. The molecule has 2 aromatic carbocycles. The maximum Gasteiger partial charge on any atom is 0.255 e. The van der Waals surface area contributed by atoms with Gasteiger partial charge in [-0.1, -0.05) is 30.3 Å². The predicted molar refractivity (Wildman–Crippen MR) is 121 cm³/mol. The average Bonchev–Trinajstić information content (AvgIpc) is 2.78. The number of halogens is 1. The molecule has 0 heterocycles. The van der Waals surface area contributed by atoms with Crippen molar-refractivity contribution in [1.29, 1.82) is 5.26 Å². The molecule has 0 atom stereocenters. The van der Waals surface area contributed by atoms with Gasteiger partial charge in [-0.15, -0.1) is 6.58 Å². The minimum absolute atomic E-state index is 0.00541. The normalized spacial score (nSPS) is 19.8. The molecule has 1 aliphatic rings. The molecule has 0 aliphatic heterocycles. The summed E-state index contributed by atoms with van der Waals surface area (Å²) in [6.07, 6.45) is 4.75. The van der Waals surface area contributed by atoms with E-state index in [0.29, 0.717) is 43.2 Å². The SMILES string of the molecule is C=CCN=C(NC#N)NC1CC(CNC(=O)c2ccccc2OC)(c2cccc(F)c2)C1. The van der Waals surface area contributed by atoms with Gasteiger partial charge in [0.25, 0.3) is 5.91 Å². The largest absolute Gasteiger partial charge is 0.496 e. The molecule has 1 fully saturated rings. The van der Waals surface area contributed by atoms with Gasteiger partial charge in [-0.25, -0.2) is 9.38 Å². The highest BCUT2D eigenvalue weighted by molar-refractivity contribution is 5.97. The van der Waals surface area contributed by atoms with E-state index in [-0.39, 0.29) is 17.8 Å². The standard InChI is InChI=1S/C24H26FN5O2/c1-3-11-27-23(29-16-26)30-19-13-24(14-19,17-7-6-8-18(25)12-17)15-28-22(31)20-9-4-5-10-21(20)32-2/h3-10,12,19H,1,11,13-15H2,2H3,(H,28,31)(H2,27,29,30). The van der Waals surface area contributed by atoms with Gasteiger partial charge in [0.15, 0.2) is 6.19 Å². The summed E-state index contributed by atoms with van der Waals surface area (Å²) < 4.78 is 19.3. The Morgan fingerprint density at radius 2 is 2.12 bits per heavy atom.